The summed E-state index contributed by atoms with van der Waals surface area (Å²) in [5.41, 5.74) is 0.193. The van der Waals surface area contributed by atoms with E-state index in [0.29, 0.717) is 12.1 Å². The Kier molecular flexibility index (Phi) is 19.4. The van der Waals surface area contributed by atoms with Gasteiger partial charge in [0.15, 0.2) is 0 Å². The number of alkyl halides is 39. The molecule has 0 saturated carbocycles. The Hall–Kier alpha value is -3.38. The molecule has 0 amide bonds. The number of aryl methyl sites for hydroxylation is 1. The molecule has 1 rings (SSSR count). The van der Waals surface area contributed by atoms with Crippen LogP contribution in [0.4, 0.5) is 171 Å². The van der Waals surface area contributed by atoms with Crippen LogP contribution in [0.5, 0.6) is 0 Å². The average molecular weight is 1280 g/mol. The van der Waals surface area contributed by atoms with Gasteiger partial charge < -0.3 is 0 Å². The number of nitrogens with one attached hydrogen (secondary N) is 1. The molecule has 0 aliphatic rings. The lowest BCUT2D eigenvalue weighted by Gasteiger charge is -2.43. The number of benzene rings is 1. The highest BCUT2D eigenvalue weighted by Crippen LogP contribution is 2.65. The summed E-state index contributed by atoms with van der Waals surface area (Å²) in [6, 6.07) is -9.39. The molecule has 0 bridgehead atoms. The molecule has 462 valence electrons. The van der Waals surface area contributed by atoms with Gasteiger partial charge in [0.2, 0.25) is 10.0 Å². The van der Waals surface area contributed by atoms with Gasteiger partial charge in [-0.25, -0.2) is 13.1 Å². The Morgan fingerprint density at radius 2 is 0.551 bits per heavy atom. The van der Waals surface area contributed by atoms with E-state index in [2.05, 4.69) is 0 Å². The third kappa shape index (κ3) is 11.8. The van der Waals surface area contributed by atoms with E-state index in [0.717, 1.165) is 12.1 Å². The van der Waals surface area contributed by atoms with Crippen molar-refractivity contribution >= 4 is 18.1 Å². The van der Waals surface area contributed by atoms with Crippen LogP contribution in [0.25, 0.3) is 0 Å². The molecule has 0 radical (unpaired) electrons. The first kappa shape index (κ1) is 72.6. The van der Waals surface area contributed by atoms with Gasteiger partial charge in [-0.1, -0.05) is 41.9 Å². The Bertz CT molecular complexity index is 2130. The van der Waals surface area contributed by atoms with E-state index in [-0.39, 0.29) is 5.56 Å². The maximum atomic E-state index is 15.1. The molecule has 0 aliphatic heterocycles. The zero-order valence-electron chi connectivity index (χ0n) is 36.6. The van der Waals surface area contributed by atoms with Gasteiger partial charge in [0, 0.05) is 25.8 Å². The van der Waals surface area contributed by atoms with Crippen LogP contribution in [0, 0.1) is 6.92 Å². The lowest BCUT2D eigenvalue weighted by atomic mass is 9.93. The largest absolute Gasteiger partial charge is 0.460 e. The van der Waals surface area contributed by atoms with E-state index in [1.54, 1.807) is 0 Å². The van der Waals surface area contributed by atoms with Gasteiger partial charge in [-0.2, -0.15) is 171 Å². The van der Waals surface area contributed by atoms with Crippen molar-refractivity contribution in [1.29, 1.82) is 0 Å². The first-order valence-corrected chi connectivity index (χ1v) is 23.8. The van der Waals surface area contributed by atoms with Gasteiger partial charge in [-0.05, 0) is 25.5 Å². The standard InChI is InChI=1S/C34H26F39NO2SSi/c1-15-3-5-16(6-4-15)77(75,76)74-10-2-11-78(12-7-17(35,36)20(41,42)23(47,48)26(53,54)29(59,60)32(65,66)67,13-8-18(37,38)21(43,44)24(49,50)27(55,56)30(61,62)33(68,69)70)14-9-19(39,40)22(45,46)25(51,52)28(57,58)31(63,64)34(71,72)73/h3-6,74H,2,7-14H2,1H3. The van der Waals surface area contributed by atoms with E-state index in [4.69, 9.17) is 0 Å². The fourth-order valence-electron chi connectivity index (χ4n) is 6.36. The molecule has 0 saturated heterocycles. The fourth-order valence-corrected chi connectivity index (χ4v) is 12.4. The molecule has 1 aromatic rings. The van der Waals surface area contributed by atoms with Crippen molar-refractivity contribution in [2.24, 2.45) is 0 Å². The zero-order valence-corrected chi connectivity index (χ0v) is 38.5. The molecule has 0 spiro atoms. The van der Waals surface area contributed by atoms with Gasteiger partial charge in [-0.15, -0.1) is 0 Å². The molecule has 44 heteroatoms. The summed E-state index contributed by atoms with van der Waals surface area (Å²) >= 11 is 0. The first-order chi connectivity index (χ1) is 33.6. The minimum absolute atomic E-state index is 0.193. The zero-order chi connectivity index (χ0) is 63.1. The summed E-state index contributed by atoms with van der Waals surface area (Å²) < 4.78 is 570. The lowest BCUT2D eigenvalue weighted by molar-refractivity contribution is -0.440. The fraction of sp³-hybridized carbons (Fsp3) is 0.824. The normalized spacial score (nSPS) is 16.3. The maximum absolute atomic E-state index is 15.1. The molecule has 0 atom stereocenters. The number of halogens is 39. The number of hydrogen-bond donors (Lipinski definition) is 1. The van der Waals surface area contributed by atoms with Gasteiger partial charge >= 0.3 is 107 Å². The molecule has 3 nitrogen and oxygen atoms in total. The van der Waals surface area contributed by atoms with Gasteiger partial charge in [0.05, 0.1) is 13.0 Å². The molecular formula is C34H26F39NO2SSi. The van der Waals surface area contributed by atoms with Crippen molar-refractivity contribution in [3.63, 3.8) is 0 Å². The predicted molar refractivity (Wildman–Crippen MR) is 182 cm³/mol. The topological polar surface area (TPSA) is 46.2 Å². The molecule has 1 N–H and O–H groups in total. The SMILES string of the molecule is Cc1ccc(S(=O)(=O)NCCC[Si](CCC(F)(F)C(F)(F)C(F)(F)C(F)(F)C(F)(F)C(F)(F)F)(CCC(F)(F)C(F)(F)C(F)(F)C(F)(F)C(F)(F)C(F)(F)F)CCC(F)(F)C(F)(F)C(F)(F)C(F)(F)C(F)(F)C(F)(F)F)cc1. The van der Waals surface area contributed by atoms with Gasteiger partial charge in [0.25, 0.3) is 0 Å². The lowest BCUT2D eigenvalue weighted by Crippen LogP contribution is -2.70. The second-order valence-corrected chi connectivity index (χ2v) is 23.6. The number of sulfonamides is 1. The third-order valence-electron chi connectivity index (χ3n) is 11.4. The molecule has 78 heavy (non-hydrogen) atoms. The number of rotatable bonds is 27. The van der Waals surface area contributed by atoms with E-state index in [1.165, 1.54) is 11.6 Å². The van der Waals surface area contributed by atoms with E-state index in [9.17, 15) is 153 Å². The maximum Gasteiger partial charge on any atom is 0.460 e. The van der Waals surface area contributed by atoms with Crippen LogP contribution in [-0.2, 0) is 10.0 Å². The van der Waals surface area contributed by atoms with Crippen molar-refractivity contribution in [2.75, 3.05) is 6.54 Å². The smallest absolute Gasteiger partial charge is 0.211 e. The Morgan fingerprint density at radius 1 is 0.333 bits per heavy atom. The van der Waals surface area contributed by atoms with E-state index in [1.807, 2.05) is 0 Å². The highest BCUT2D eigenvalue weighted by molar-refractivity contribution is 7.89. The summed E-state index contributed by atoms with van der Waals surface area (Å²) in [6.07, 6.45) is -38.8. The Balaban J connectivity index is 4.46. The quantitative estimate of drug-likeness (QED) is 0.0542. The van der Waals surface area contributed by atoms with Crippen LogP contribution in [0.3, 0.4) is 0 Å². The minimum atomic E-state index is -8.93. The third-order valence-corrected chi connectivity index (χ3v) is 18.2. The van der Waals surface area contributed by atoms with Gasteiger partial charge in [-0.3, -0.25) is 0 Å². The number of hydrogen-bond acceptors (Lipinski definition) is 2. The van der Waals surface area contributed by atoms with Crippen molar-refractivity contribution in [3.05, 3.63) is 29.8 Å². The second kappa shape index (κ2) is 20.8. The Morgan fingerprint density at radius 3 is 0.769 bits per heavy atom. The minimum Gasteiger partial charge on any atom is -0.211 e. The molecule has 0 aliphatic carbocycles. The summed E-state index contributed by atoms with van der Waals surface area (Å²) in [7, 11) is -12.2. The van der Waals surface area contributed by atoms with Crippen molar-refractivity contribution in [3.8, 4) is 0 Å². The van der Waals surface area contributed by atoms with Crippen LogP contribution >= 0.6 is 0 Å². The summed E-state index contributed by atoms with van der Waals surface area (Å²) in [4.78, 5) is -0.960. The van der Waals surface area contributed by atoms with Gasteiger partial charge in [0.1, 0.15) is 0 Å². The molecule has 0 fully saturated rings. The molecule has 0 unspecified atom stereocenters. The first-order valence-electron chi connectivity index (χ1n) is 19.5. The highest BCUT2D eigenvalue weighted by atomic mass is 32.2. The molecule has 0 aromatic heterocycles. The van der Waals surface area contributed by atoms with Crippen molar-refractivity contribution < 1.29 is 180 Å². The van der Waals surface area contributed by atoms with Crippen molar-refractivity contribution in [2.45, 2.75) is 169 Å². The van der Waals surface area contributed by atoms with Crippen LogP contribution in [0.15, 0.2) is 29.2 Å². The van der Waals surface area contributed by atoms with Crippen LogP contribution < -0.4 is 4.72 Å². The monoisotopic (exact) mass is 1280 g/mol. The van der Waals surface area contributed by atoms with E-state index >= 15 is 26.3 Å². The second-order valence-electron chi connectivity index (χ2n) is 16.8. The summed E-state index contributed by atoms with van der Waals surface area (Å²) in [5, 5.41) is 0. The summed E-state index contributed by atoms with van der Waals surface area (Å²) in [5.74, 6) is -128. The summed E-state index contributed by atoms with van der Waals surface area (Å²) in [6.45, 7) is -0.535. The van der Waals surface area contributed by atoms with Crippen molar-refractivity contribution in [1.82, 2.24) is 4.72 Å². The average Bonchev–Trinajstić information content (AvgIpc) is 3.23. The Labute approximate surface area is 408 Å². The van der Waals surface area contributed by atoms with Crippen LogP contribution in [0.1, 0.15) is 31.2 Å². The predicted octanol–water partition coefficient (Wildman–Crippen LogP) is 16.5. The molecule has 0 heterocycles. The molecule has 1 aromatic carbocycles. The molecular weight excluding hydrogens is 1260 g/mol. The van der Waals surface area contributed by atoms with Crippen LogP contribution in [0.2, 0.25) is 24.2 Å². The van der Waals surface area contributed by atoms with E-state index < -0.39 is 187 Å². The van der Waals surface area contributed by atoms with Crippen LogP contribution in [-0.4, -0.2) is 130 Å². The highest BCUT2D eigenvalue weighted by Gasteiger charge is 2.93.